The summed E-state index contributed by atoms with van der Waals surface area (Å²) in [6, 6.07) is 38.2. The van der Waals surface area contributed by atoms with Gasteiger partial charge < -0.3 is 47.4 Å². The van der Waals surface area contributed by atoms with Crippen molar-refractivity contribution in [3.8, 4) is 5.75 Å². The molecule has 3 saturated heterocycles. The van der Waals surface area contributed by atoms with Crippen molar-refractivity contribution < 1.29 is 66.5 Å². The summed E-state index contributed by atoms with van der Waals surface area (Å²) in [4.78, 5) is 58.7. The first-order valence-electron chi connectivity index (χ1n) is 20.7. The second-order valence-electron chi connectivity index (χ2n) is 15.0. The van der Waals surface area contributed by atoms with Gasteiger partial charge in [-0.1, -0.05) is 90.0 Å². The lowest BCUT2D eigenvalue weighted by molar-refractivity contribution is -0.331. The van der Waals surface area contributed by atoms with Crippen molar-refractivity contribution in [1.82, 2.24) is 0 Å². The minimum absolute atomic E-state index is 0.0102. The van der Waals surface area contributed by atoms with Crippen LogP contribution in [-0.4, -0.2) is 106 Å². The lowest BCUT2D eigenvalue weighted by Crippen LogP contribution is -2.65. The minimum atomic E-state index is -1.70. The zero-order valence-electron chi connectivity index (χ0n) is 34.8. The molecule has 0 unspecified atom stereocenters. The van der Waals surface area contributed by atoms with Gasteiger partial charge in [0.15, 0.2) is 30.9 Å². The van der Waals surface area contributed by atoms with Crippen molar-refractivity contribution >= 4 is 23.9 Å². The number of benzene rings is 5. The van der Waals surface area contributed by atoms with Crippen molar-refractivity contribution in [2.45, 2.75) is 68.0 Å². The maximum Gasteiger partial charge on any atom is 0.338 e. The number of carbonyl (C=O) groups is 4. The molecule has 3 aliphatic heterocycles. The maximum atomic E-state index is 14.1. The lowest BCUT2D eigenvalue weighted by Gasteiger charge is -2.47. The third-order valence-corrected chi connectivity index (χ3v) is 10.9. The van der Waals surface area contributed by atoms with Crippen LogP contribution in [0, 0.1) is 0 Å². The normalized spacial score (nSPS) is 25.6. The Morgan fingerprint density at radius 1 is 0.615 bits per heavy atom. The third kappa shape index (κ3) is 10.6. The fourth-order valence-corrected chi connectivity index (χ4v) is 7.60. The van der Waals surface area contributed by atoms with Crippen molar-refractivity contribution in [3.63, 3.8) is 0 Å². The molecule has 17 heteroatoms. The van der Waals surface area contributed by atoms with Crippen LogP contribution in [0.3, 0.4) is 0 Å². The van der Waals surface area contributed by atoms with E-state index < -0.39 is 91.8 Å². The first-order chi connectivity index (χ1) is 31.8. The lowest BCUT2D eigenvalue weighted by atomic mass is 9.96. The average Bonchev–Trinajstić information content (AvgIpc) is 3.80. The summed E-state index contributed by atoms with van der Waals surface area (Å²) >= 11 is 0. The molecular weight excluding hydrogens is 843 g/mol. The highest BCUT2D eigenvalue weighted by Crippen LogP contribution is 2.38. The molecule has 5 aromatic carbocycles. The third-order valence-electron chi connectivity index (χ3n) is 10.9. The van der Waals surface area contributed by atoms with Gasteiger partial charge in [0.05, 0.1) is 42.6 Å². The fraction of sp³-hybridized carbons (Fsp3) is 0.292. The Balaban J connectivity index is 1.20. The van der Waals surface area contributed by atoms with Gasteiger partial charge in [0.25, 0.3) is 0 Å². The molecule has 0 radical (unpaired) electrons. The molecule has 5 aromatic rings. The Labute approximate surface area is 372 Å². The Bertz CT molecular complexity index is 2440. The highest BCUT2D eigenvalue weighted by atomic mass is 16.8. The monoisotopic (exact) mass is 885 g/mol. The molecule has 0 amide bonds. The topological polar surface area (TPSA) is 209 Å². The Morgan fingerprint density at radius 2 is 1.12 bits per heavy atom. The molecule has 3 fully saturated rings. The van der Waals surface area contributed by atoms with E-state index in [1.165, 1.54) is 36.4 Å². The summed E-state index contributed by atoms with van der Waals surface area (Å²) in [6.45, 7) is -0.595. The van der Waals surface area contributed by atoms with Gasteiger partial charge in [0.2, 0.25) is 0 Å². The number of methoxy groups -OCH3 is 1. The largest absolute Gasteiger partial charge is 0.497 e. The van der Waals surface area contributed by atoms with Crippen LogP contribution < -0.4 is 4.74 Å². The minimum Gasteiger partial charge on any atom is -0.497 e. The van der Waals surface area contributed by atoms with Gasteiger partial charge in [-0.2, -0.15) is 0 Å². The van der Waals surface area contributed by atoms with E-state index in [2.05, 4.69) is 10.0 Å². The molecule has 10 atom stereocenters. The molecule has 65 heavy (non-hydrogen) atoms. The SMILES string of the molecule is COc1ccc(CO[C@@H]2[C@@H](N=[N+]=[N-])[C@@H]3OC[C@@H](O3)[C@H]2O[C@@H]2O[C@H](COC(=O)c3ccccc3)[C@H](OC(=O)c3ccccc3)[C@H](OC(=O)c3ccccc3)[C@H]2OC(=O)c2ccccc2)cc1. The fourth-order valence-electron chi connectivity index (χ4n) is 7.60. The molecule has 0 spiro atoms. The second kappa shape index (κ2) is 21.0. The smallest absolute Gasteiger partial charge is 0.338 e. The van der Waals surface area contributed by atoms with Crippen LogP contribution in [0.2, 0.25) is 0 Å². The molecule has 0 aromatic heterocycles. The van der Waals surface area contributed by atoms with E-state index >= 15 is 0 Å². The number of esters is 4. The molecule has 17 nitrogen and oxygen atoms in total. The highest BCUT2D eigenvalue weighted by Gasteiger charge is 2.58. The van der Waals surface area contributed by atoms with Gasteiger partial charge in [-0.15, -0.1) is 0 Å². The van der Waals surface area contributed by atoms with Gasteiger partial charge in [-0.3, -0.25) is 0 Å². The van der Waals surface area contributed by atoms with Gasteiger partial charge in [-0.05, 0) is 71.8 Å². The molecule has 0 aliphatic carbocycles. The van der Waals surface area contributed by atoms with Crippen LogP contribution in [-0.2, 0) is 49.2 Å². The number of hydrogen-bond acceptors (Lipinski definition) is 15. The molecule has 0 saturated carbocycles. The first-order valence-corrected chi connectivity index (χ1v) is 20.7. The zero-order chi connectivity index (χ0) is 45.1. The highest BCUT2D eigenvalue weighted by molar-refractivity contribution is 5.91. The van der Waals surface area contributed by atoms with Crippen LogP contribution >= 0.6 is 0 Å². The van der Waals surface area contributed by atoms with E-state index in [0.29, 0.717) is 5.75 Å². The summed E-state index contributed by atoms with van der Waals surface area (Å²) < 4.78 is 61.6. The predicted octanol–water partition coefficient (Wildman–Crippen LogP) is 6.66. The summed E-state index contributed by atoms with van der Waals surface area (Å²) in [5, 5.41) is 3.98. The van der Waals surface area contributed by atoms with Crippen molar-refractivity contribution in [2.75, 3.05) is 20.3 Å². The molecule has 0 N–H and O–H groups in total. The molecule has 3 heterocycles. The van der Waals surface area contributed by atoms with Crippen LogP contribution in [0.4, 0.5) is 0 Å². The van der Waals surface area contributed by atoms with Gasteiger partial charge in [0.1, 0.15) is 42.8 Å². The Kier molecular flexibility index (Phi) is 14.4. The van der Waals surface area contributed by atoms with Crippen molar-refractivity contribution in [3.05, 3.63) is 184 Å². The predicted molar refractivity (Wildman–Crippen MR) is 226 cm³/mol. The summed E-state index contributed by atoms with van der Waals surface area (Å²) in [5.74, 6) is -2.72. The van der Waals surface area contributed by atoms with E-state index in [4.69, 9.17) is 47.4 Å². The standard InChI is InChI=1S/C48H43N3O14/c1-56-34-24-22-29(23-25-34)26-57-40-37(50-51-49)47-59-28-36(60-47)38(40)65-48-42(64-46(55)33-20-12-5-13-21-33)41(63-45(54)32-18-10-4-11-19-32)39(62-44(53)31-16-8-3-9-17-31)35(61-48)27-58-43(52)30-14-6-2-7-15-30/h2-25,35-42,47-48H,26-28H2,1H3/t35-,36-,37-,38-,39+,40-,41+,42-,47-,48+/m1/s1. The number of carbonyl (C=O) groups excluding carboxylic acids is 4. The molecular formula is C48H43N3O14. The number of fused-ring (bicyclic) bond motifs is 2. The van der Waals surface area contributed by atoms with E-state index in [0.717, 1.165) is 5.56 Å². The van der Waals surface area contributed by atoms with Crippen LogP contribution in [0.1, 0.15) is 47.0 Å². The zero-order valence-corrected chi connectivity index (χ0v) is 34.8. The van der Waals surface area contributed by atoms with E-state index in [1.807, 2.05) is 0 Å². The van der Waals surface area contributed by atoms with Crippen LogP contribution in [0.25, 0.3) is 10.4 Å². The molecule has 334 valence electrons. The molecule has 2 bridgehead atoms. The number of azide groups is 1. The summed E-state index contributed by atoms with van der Waals surface area (Å²) in [7, 11) is 1.55. The Hall–Kier alpha value is -7.11. The van der Waals surface area contributed by atoms with Crippen molar-refractivity contribution in [2.24, 2.45) is 5.11 Å². The Morgan fingerprint density at radius 3 is 1.65 bits per heavy atom. The maximum absolute atomic E-state index is 14.1. The summed E-state index contributed by atoms with van der Waals surface area (Å²) in [5.41, 5.74) is 11.0. The van der Waals surface area contributed by atoms with E-state index in [9.17, 15) is 24.7 Å². The number of nitrogens with zero attached hydrogens (tertiary/aromatic N) is 3. The van der Waals surface area contributed by atoms with E-state index in [-0.39, 0.29) is 35.5 Å². The van der Waals surface area contributed by atoms with Crippen LogP contribution in [0.15, 0.2) is 151 Å². The second-order valence-corrected chi connectivity index (χ2v) is 15.0. The van der Waals surface area contributed by atoms with Crippen molar-refractivity contribution in [1.29, 1.82) is 0 Å². The molecule has 8 rings (SSSR count). The summed E-state index contributed by atoms with van der Waals surface area (Å²) in [6.07, 6.45) is -12.2. The average molecular weight is 886 g/mol. The quantitative estimate of drug-likeness (QED) is 0.0334. The number of rotatable bonds is 16. The number of hydrogen-bond donors (Lipinski definition) is 0. The number of ether oxygens (including phenoxy) is 10. The first kappa shape index (κ1) is 44.5. The van der Waals surface area contributed by atoms with Crippen LogP contribution in [0.5, 0.6) is 5.75 Å². The van der Waals surface area contributed by atoms with Gasteiger partial charge in [0, 0.05) is 4.91 Å². The van der Waals surface area contributed by atoms with Gasteiger partial charge in [-0.25, -0.2) is 19.2 Å². The van der Waals surface area contributed by atoms with E-state index in [1.54, 1.807) is 116 Å². The molecule has 3 aliphatic rings. The van der Waals surface area contributed by atoms with Gasteiger partial charge >= 0.3 is 23.9 Å².